The Morgan fingerprint density at radius 1 is 1.37 bits per heavy atom. The highest BCUT2D eigenvalue weighted by Crippen LogP contribution is 2.25. The van der Waals surface area contributed by atoms with Gasteiger partial charge in [-0.05, 0) is 32.6 Å². The average Bonchev–Trinajstić information content (AvgIpc) is 2.85. The Hall–Kier alpha value is -1.85. The molecule has 0 atom stereocenters. The Bertz CT molecular complexity index is 461. The van der Waals surface area contributed by atoms with Crippen LogP contribution in [0.5, 0.6) is 0 Å². The lowest BCUT2D eigenvalue weighted by atomic mass is 9.86. The van der Waals surface area contributed by atoms with Crippen LogP contribution >= 0.6 is 0 Å². The third-order valence-corrected chi connectivity index (χ3v) is 3.46. The van der Waals surface area contributed by atoms with Crippen molar-refractivity contribution >= 4 is 11.9 Å². The lowest BCUT2D eigenvalue weighted by Gasteiger charge is -2.27. The molecule has 0 spiro atoms. The van der Waals surface area contributed by atoms with Crippen molar-refractivity contribution in [2.45, 2.75) is 38.6 Å². The molecule has 1 aromatic heterocycles. The number of aromatic nitrogens is 1. The van der Waals surface area contributed by atoms with Crippen molar-refractivity contribution in [1.29, 1.82) is 0 Å². The van der Waals surface area contributed by atoms with Crippen LogP contribution in [0.3, 0.4) is 0 Å². The number of nitrogens with one attached hydrogen (secondary N) is 1. The predicted octanol–water partition coefficient (Wildman–Crippen LogP) is 1.44. The minimum absolute atomic E-state index is 0.0348. The smallest absolute Gasteiger partial charge is 0.308 e. The van der Waals surface area contributed by atoms with E-state index in [1.807, 2.05) is 0 Å². The van der Waals surface area contributed by atoms with Gasteiger partial charge < -0.3 is 14.6 Å². The Morgan fingerprint density at radius 2 is 2.05 bits per heavy atom. The minimum atomic E-state index is -0.224. The third-order valence-electron chi connectivity index (χ3n) is 3.46. The first-order valence-corrected chi connectivity index (χ1v) is 6.42. The van der Waals surface area contributed by atoms with Crippen molar-refractivity contribution in [3.8, 4) is 0 Å². The quantitative estimate of drug-likeness (QED) is 0.837. The van der Waals surface area contributed by atoms with Gasteiger partial charge in [-0.15, -0.1) is 0 Å². The topological polar surface area (TPSA) is 81.4 Å². The van der Waals surface area contributed by atoms with E-state index >= 15 is 0 Å². The van der Waals surface area contributed by atoms with Crippen LogP contribution < -0.4 is 5.32 Å². The van der Waals surface area contributed by atoms with Gasteiger partial charge in [0.1, 0.15) is 5.76 Å². The number of carbonyl (C=O) groups excluding carboxylic acids is 2. The zero-order chi connectivity index (χ0) is 13.8. The van der Waals surface area contributed by atoms with Crippen molar-refractivity contribution in [3.05, 3.63) is 17.5 Å². The molecule has 6 nitrogen and oxygen atoms in total. The lowest BCUT2D eigenvalue weighted by Crippen LogP contribution is -2.39. The van der Waals surface area contributed by atoms with E-state index in [0.717, 1.165) is 25.7 Å². The van der Waals surface area contributed by atoms with Crippen molar-refractivity contribution < 1.29 is 18.8 Å². The van der Waals surface area contributed by atoms with Crippen molar-refractivity contribution in [1.82, 2.24) is 10.5 Å². The maximum absolute atomic E-state index is 11.9. The monoisotopic (exact) mass is 266 g/mol. The molecule has 6 heteroatoms. The van der Waals surface area contributed by atoms with Gasteiger partial charge in [0, 0.05) is 12.1 Å². The van der Waals surface area contributed by atoms with Crippen molar-refractivity contribution in [2.24, 2.45) is 5.92 Å². The largest absolute Gasteiger partial charge is 0.469 e. The van der Waals surface area contributed by atoms with Gasteiger partial charge in [-0.1, -0.05) is 5.16 Å². The van der Waals surface area contributed by atoms with Gasteiger partial charge in [0.25, 0.3) is 5.91 Å². The summed E-state index contributed by atoms with van der Waals surface area (Å²) in [5.74, 6) is 0.197. The zero-order valence-corrected chi connectivity index (χ0v) is 11.1. The molecule has 0 aliphatic heterocycles. The second-order valence-electron chi connectivity index (χ2n) is 4.87. The Balaban J connectivity index is 1.82. The molecule has 1 fully saturated rings. The van der Waals surface area contributed by atoms with Crippen LogP contribution in [-0.4, -0.2) is 30.2 Å². The summed E-state index contributed by atoms with van der Waals surface area (Å²) in [5.41, 5.74) is 0.299. The van der Waals surface area contributed by atoms with E-state index in [1.54, 1.807) is 13.0 Å². The van der Waals surface area contributed by atoms with Gasteiger partial charge in [0.15, 0.2) is 5.69 Å². The molecule has 0 radical (unpaired) electrons. The molecule has 1 aliphatic rings. The van der Waals surface area contributed by atoms with Crippen molar-refractivity contribution in [3.63, 3.8) is 0 Å². The summed E-state index contributed by atoms with van der Waals surface area (Å²) in [6.45, 7) is 1.74. The molecule has 1 N–H and O–H groups in total. The fourth-order valence-electron chi connectivity index (χ4n) is 2.37. The Kier molecular flexibility index (Phi) is 4.19. The maximum Gasteiger partial charge on any atom is 0.308 e. The number of rotatable bonds is 3. The molecule has 0 unspecified atom stereocenters. The maximum atomic E-state index is 11.9. The average molecular weight is 266 g/mol. The van der Waals surface area contributed by atoms with E-state index in [9.17, 15) is 9.59 Å². The summed E-state index contributed by atoms with van der Waals surface area (Å²) in [5, 5.41) is 6.59. The van der Waals surface area contributed by atoms with Gasteiger partial charge >= 0.3 is 5.97 Å². The first-order chi connectivity index (χ1) is 9.10. The molecule has 0 bridgehead atoms. The van der Waals surface area contributed by atoms with Gasteiger partial charge in [-0.3, -0.25) is 9.59 Å². The van der Waals surface area contributed by atoms with Crippen LogP contribution in [0.25, 0.3) is 0 Å². The number of nitrogens with zero attached hydrogens (tertiary/aromatic N) is 1. The molecule has 19 heavy (non-hydrogen) atoms. The van der Waals surface area contributed by atoms with E-state index in [0.29, 0.717) is 11.5 Å². The molecule has 104 valence electrons. The molecule has 1 aliphatic carbocycles. The number of esters is 1. The van der Waals surface area contributed by atoms with Gasteiger partial charge in [0.05, 0.1) is 13.0 Å². The highest BCUT2D eigenvalue weighted by atomic mass is 16.5. The molecule has 0 saturated heterocycles. The summed E-state index contributed by atoms with van der Waals surface area (Å²) in [6, 6.07) is 1.69. The summed E-state index contributed by atoms with van der Waals surface area (Å²) in [4.78, 5) is 23.3. The minimum Gasteiger partial charge on any atom is -0.469 e. The van der Waals surface area contributed by atoms with Crippen LogP contribution in [0.4, 0.5) is 0 Å². The highest BCUT2D eigenvalue weighted by Gasteiger charge is 2.28. The highest BCUT2D eigenvalue weighted by molar-refractivity contribution is 5.92. The molecule has 1 amide bonds. The summed E-state index contributed by atoms with van der Waals surface area (Å²) in [6.07, 6.45) is 3.05. The Labute approximate surface area is 111 Å². The van der Waals surface area contributed by atoms with Gasteiger partial charge in [-0.25, -0.2) is 0 Å². The second-order valence-corrected chi connectivity index (χ2v) is 4.87. The Morgan fingerprint density at radius 3 is 2.58 bits per heavy atom. The van der Waals surface area contributed by atoms with E-state index in [-0.39, 0.29) is 23.8 Å². The number of methoxy groups -OCH3 is 1. The molecule has 1 saturated carbocycles. The summed E-state index contributed by atoms with van der Waals surface area (Å²) in [7, 11) is 1.41. The van der Waals surface area contributed by atoms with Crippen LogP contribution in [-0.2, 0) is 9.53 Å². The molecular formula is C13H18N2O4. The fraction of sp³-hybridized carbons (Fsp3) is 0.615. The van der Waals surface area contributed by atoms with Gasteiger partial charge in [-0.2, -0.15) is 0 Å². The number of hydrogen-bond acceptors (Lipinski definition) is 5. The molecule has 1 heterocycles. The number of hydrogen-bond donors (Lipinski definition) is 1. The SMILES string of the molecule is COC(=O)C1CCC(NC(=O)c2cc(C)on2)CC1. The molecule has 1 aromatic rings. The van der Waals surface area contributed by atoms with Crippen LogP contribution in [0.1, 0.15) is 41.9 Å². The molecular weight excluding hydrogens is 248 g/mol. The first-order valence-electron chi connectivity index (χ1n) is 6.42. The van der Waals surface area contributed by atoms with Gasteiger partial charge in [0.2, 0.25) is 0 Å². The standard InChI is InChI=1S/C13H18N2O4/c1-8-7-11(15-19-8)12(16)14-10-5-3-9(4-6-10)13(17)18-2/h7,9-10H,3-6H2,1-2H3,(H,14,16). The first kappa shape index (κ1) is 13.6. The van der Waals surface area contributed by atoms with Crippen LogP contribution in [0, 0.1) is 12.8 Å². The molecule has 2 rings (SSSR count). The molecule has 0 aromatic carbocycles. The fourth-order valence-corrected chi connectivity index (χ4v) is 2.37. The van der Waals surface area contributed by atoms with Crippen LogP contribution in [0.2, 0.25) is 0 Å². The van der Waals surface area contributed by atoms with Crippen LogP contribution in [0.15, 0.2) is 10.6 Å². The van der Waals surface area contributed by atoms with E-state index in [4.69, 9.17) is 9.26 Å². The summed E-state index contributed by atoms with van der Waals surface area (Å²) < 4.78 is 9.60. The summed E-state index contributed by atoms with van der Waals surface area (Å²) >= 11 is 0. The zero-order valence-electron chi connectivity index (χ0n) is 11.1. The van der Waals surface area contributed by atoms with E-state index in [1.165, 1.54) is 7.11 Å². The lowest BCUT2D eigenvalue weighted by molar-refractivity contribution is -0.146. The second kappa shape index (κ2) is 5.86. The van der Waals surface area contributed by atoms with Crippen molar-refractivity contribution in [2.75, 3.05) is 7.11 Å². The normalized spacial score (nSPS) is 22.8. The third kappa shape index (κ3) is 3.33. The number of amides is 1. The number of ether oxygens (including phenoxy) is 1. The van der Waals surface area contributed by atoms with E-state index in [2.05, 4.69) is 10.5 Å². The predicted molar refractivity (Wildman–Crippen MR) is 66.5 cm³/mol. The number of carbonyl (C=O) groups is 2. The van der Waals surface area contributed by atoms with E-state index < -0.39 is 0 Å². The number of aryl methyl sites for hydroxylation is 1.